The van der Waals surface area contributed by atoms with Gasteiger partial charge >= 0.3 is 0 Å². The lowest BCUT2D eigenvalue weighted by Gasteiger charge is -2.25. The molecule has 2 rings (SSSR count). The first kappa shape index (κ1) is 14.5. The minimum absolute atomic E-state index is 0.201. The zero-order valence-corrected chi connectivity index (χ0v) is 12.5. The van der Waals surface area contributed by atoms with E-state index in [1.807, 2.05) is 0 Å². The summed E-state index contributed by atoms with van der Waals surface area (Å²) in [5, 5.41) is 3.61. The summed E-state index contributed by atoms with van der Waals surface area (Å²) in [7, 11) is 0. The van der Waals surface area contributed by atoms with Crippen molar-refractivity contribution in [2.24, 2.45) is 5.92 Å². The summed E-state index contributed by atoms with van der Waals surface area (Å²) < 4.78 is 5.91. The van der Waals surface area contributed by atoms with Gasteiger partial charge in [-0.2, -0.15) is 0 Å². The molecule has 0 radical (unpaired) electrons. The van der Waals surface area contributed by atoms with Crippen LogP contribution in [0.25, 0.3) is 0 Å². The quantitative estimate of drug-likeness (QED) is 0.877. The van der Waals surface area contributed by atoms with Gasteiger partial charge in [-0.3, -0.25) is 0 Å². The monoisotopic (exact) mass is 261 g/mol. The summed E-state index contributed by atoms with van der Waals surface area (Å²) >= 11 is 0. The molecule has 1 aliphatic rings. The third-order valence-electron chi connectivity index (χ3n) is 3.80. The Morgan fingerprint density at radius 2 is 1.95 bits per heavy atom. The van der Waals surface area contributed by atoms with Crippen molar-refractivity contribution in [1.29, 1.82) is 0 Å². The summed E-state index contributed by atoms with van der Waals surface area (Å²) in [4.78, 5) is 0. The molecule has 0 bridgehead atoms. The van der Waals surface area contributed by atoms with E-state index >= 15 is 0 Å². The minimum Gasteiger partial charge on any atom is -0.378 e. The molecule has 2 nitrogen and oxygen atoms in total. The maximum atomic E-state index is 5.91. The second-order valence-corrected chi connectivity index (χ2v) is 6.61. The standard InChI is InChI=1S/C17H27NO/c1-17(2,3)18-13-15-11-12-19-16(15)10-9-14-7-5-4-6-8-14/h4-8,15-16,18H,9-13H2,1-3H3. The molecule has 1 heterocycles. The first-order valence-corrected chi connectivity index (χ1v) is 7.45. The van der Waals surface area contributed by atoms with Crippen molar-refractivity contribution in [2.75, 3.05) is 13.2 Å². The maximum Gasteiger partial charge on any atom is 0.0619 e. The van der Waals surface area contributed by atoms with Gasteiger partial charge in [0.25, 0.3) is 0 Å². The van der Waals surface area contributed by atoms with Crippen LogP contribution in [0, 0.1) is 5.92 Å². The van der Waals surface area contributed by atoms with E-state index in [1.165, 1.54) is 12.0 Å². The molecule has 1 aromatic carbocycles. The van der Waals surface area contributed by atoms with Crippen LogP contribution in [0.1, 0.15) is 39.2 Å². The van der Waals surface area contributed by atoms with Crippen molar-refractivity contribution in [1.82, 2.24) is 5.32 Å². The van der Waals surface area contributed by atoms with Gasteiger partial charge in [0.1, 0.15) is 0 Å². The molecule has 1 fully saturated rings. The van der Waals surface area contributed by atoms with Gasteiger partial charge < -0.3 is 10.1 Å². The smallest absolute Gasteiger partial charge is 0.0619 e. The van der Waals surface area contributed by atoms with Crippen LogP contribution in [-0.2, 0) is 11.2 Å². The van der Waals surface area contributed by atoms with Crippen molar-refractivity contribution < 1.29 is 4.74 Å². The highest BCUT2D eigenvalue weighted by Crippen LogP contribution is 2.25. The van der Waals surface area contributed by atoms with Gasteiger partial charge in [-0.25, -0.2) is 0 Å². The lowest BCUT2D eigenvalue weighted by Crippen LogP contribution is -2.40. The molecule has 0 aromatic heterocycles. The van der Waals surface area contributed by atoms with Gasteiger partial charge in [0, 0.05) is 18.7 Å². The van der Waals surface area contributed by atoms with E-state index in [1.54, 1.807) is 0 Å². The molecule has 0 spiro atoms. The number of aryl methyl sites for hydroxylation is 1. The van der Waals surface area contributed by atoms with E-state index in [9.17, 15) is 0 Å². The molecule has 0 aliphatic carbocycles. The average molecular weight is 261 g/mol. The van der Waals surface area contributed by atoms with Gasteiger partial charge in [-0.1, -0.05) is 30.3 Å². The van der Waals surface area contributed by atoms with E-state index in [0.29, 0.717) is 12.0 Å². The average Bonchev–Trinajstić information content (AvgIpc) is 2.82. The fourth-order valence-electron chi connectivity index (χ4n) is 2.64. The molecule has 1 aliphatic heterocycles. The Hall–Kier alpha value is -0.860. The van der Waals surface area contributed by atoms with Crippen molar-refractivity contribution in [3.63, 3.8) is 0 Å². The van der Waals surface area contributed by atoms with E-state index in [-0.39, 0.29) is 5.54 Å². The third kappa shape index (κ3) is 4.96. The fraction of sp³-hybridized carbons (Fsp3) is 0.647. The molecule has 2 unspecified atom stereocenters. The Labute approximate surface area is 117 Å². The topological polar surface area (TPSA) is 21.3 Å². The molecular weight excluding hydrogens is 234 g/mol. The summed E-state index contributed by atoms with van der Waals surface area (Å²) in [6, 6.07) is 10.7. The van der Waals surface area contributed by atoms with Crippen molar-refractivity contribution in [2.45, 2.75) is 51.7 Å². The van der Waals surface area contributed by atoms with Crippen LogP contribution in [0.15, 0.2) is 30.3 Å². The van der Waals surface area contributed by atoms with Crippen molar-refractivity contribution in [3.05, 3.63) is 35.9 Å². The van der Waals surface area contributed by atoms with E-state index in [2.05, 4.69) is 56.4 Å². The van der Waals surface area contributed by atoms with E-state index in [4.69, 9.17) is 4.74 Å². The summed E-state index contributed by atoms with van der Waals surface area (Å²) in [5.74, 6) is 0.669. The lowest BCUT2D eigenvalue weighted by atomic mass is 9.95. The number of ether oxygens (including phenoxy) is 1. The summed E-state index contributed by atoms with van der Waals surface area (Å²) in [6.45, 7) is 8.67. The Bertz CT molecular complexity index is 369. The second kappa shape index (κ2) is 6.53. The van der Waals surface area contributed by atoms with Gasteiger partial charge in [-0.05, 0) is 51.5 Å². The van der Waals surface area contributed by atoms with Crippen LogP contribution in [0.2, 0.25) is 0 Å². The molecule has 0 saturated carbocycles. The molecule has 19 heavy (non-hydrogen) atoms. The Kier molecular flexibility index (Phi) is 5.00. The molecule has 1 aromatic rings. The van der Waals surface area contributed by atoms with Crippen LogP contribution in [0.3, 0.4) is 0 Å². The molecule has 0 amide bonds. The highest BCUT2D eigenvalue weighted by Gasteiger charge is 2.28. The first-order chi connectivity index (χ1) is 9.04. The number of nitrogens with one attached hydrogen (secondary N) is 1. The first-order valence-electron chi connectivity index (χ1n) is 7.45. The van der Waals surface area contributed by atoms with Crippen LogP contribution < -0.4 is 5.32 Å². The molecule has 2 atom stereocenters. The van der Waals surface area contributed by atoms with Crippen LogP contribution >= 0.6 is 0 Å². The third-order valence-corrected chi connectivity index (χ3v) is 3.80. The number of benzene rings is 1. The maximum absolute atomic E-state index is 5.91. The molecule has 106 valence electrons. The number of hydrogen-bond donors (Lipinski definition) is 1. The number of rotatable bonds is 5. The van der Waals surface area contributed by atoms with Crippen LogP contribution in [0.4, 0.5) is 0 Å². The van der Waals surface area contributed by atoms with Crippen LogP contribution in [-0.4, -0.2) is 24.8 Å². The summed E-state index contributed by atoms with van der Waals surface area (Å²) in [6.07, 6.45) is 3.88. The zero-order chi connectivity index (χ0) is 13.7. The predicted molar refractivity (Wildman–Crippen MR) is 80.4 cm³/mol. The number of hydrogen-bond acceptors (Lipinski definition) is 2. The van der Waals surface area contributed by atoms with E-state index in [0.717, 1.165) is 26.0 Å². The molecular formula is C17H27NO. The largest absolute Gasteiger partial charge is 0.378 e. The molecule has 1 N–H and O–H groups in total. The summed E-state index contributed by atoms with van der Waals surface area (Å²) in [5.41, 5.74) is 1.62. The highest BCUT2D eigenvalue weighted by atomic mass is 16.5. The van der Waals surface area contributed by atoms with Crippen molar-refractivity contribution in [3.8, 4) is 0 Å². The molecule has 2 heteroatoms. The van der Waals surface area contributed by atoms with Gasteiger partial charge in [0.2, 0.25) is 0 Å². The predicted octanol–water partition coefficient (Wildman–Crippen LogP) is 3.41. The Morgan fingerprint density at radius 1 is 1.21 bits per heavy atom. The Balaban J connectivity index is 1.79. The SMILES string of the molecule is CC(C)(C)NCC1CCOC1CCc1ccccc1. The van der Waals surface area contributed by atoms with Gasteiger partial charge in [0.15, 0.2) is 0 Å². The van der Waals surface area contributed by atoms with Gasteiger partial charge in [-0.15, -0.1) is 0 Å². The fourth-order valence-corrected chi connectivity index (χ4v) is 2.64. The Morgan fingerprint density at radius 3 is 2.63 bits per heavy atom. The zero-order valence-electron chi connectivity index (χ0n) is 12.5. The highest BCUT2D eigenvalue weighted by molar-refractivity contribution is 5.14. The normalized spacial score (nSPS) is 23.7. The van der Waals surface area contributed by atoms with Crippen LogP contribution in [0.5, 0.6) is 0 Å². The lowest BCUT2D eigenvalue weighted by molar-refractivity contribution is 0.0820. The second-order valence-electron chi connectivity index (χ2n) is 6.61. The minimum atomic E-state index is 0.201. The van der Waals surface area contributed by atoms with E-state index < -0.39 is 0 Å². The molecule has 1 saturated heterocycles. The van der Waals surface area contributed by atoms with Crippen molar-refractivity contribution >= 4 is 0 Å². The van der Waals surface area contributed by atoms with Gasteiger partial charge in [0.05, 0.1) is 6.10 Å².